The van der Waals surface area contributed by atoms with Crippen LogP contribution in [-0.4, -0.2) is 36.3 Å². The molecule has 0 unspecified atom stereocenters. The van der Waals surface area contributed by atoms with Gasteiger partial charge in [-0.1, -0.05) is 0 Å². The predicted octanol–water partition coefficient (Wildman–Crippen LogP) is 1.88. The second-order valence-corrected chi connectivity index (χ2v) is 5.06. The first-order valence-electron chi connectivity index (χ1n) is 6.90. The van der Waals surface area contributed by atoms with E-state index in [0.717, 1.165) is 25.9 Å². The molecule has 0 radical (unpaired) electrons. The standard InChI is InChI=1S/C15H19FN2O2/c1-11-10-12(4-5-13(11)16)15(20)17-7-6-14(19)18-8-2-3-9-18/h4-5,10H,2-3,6-9H2,1H3,(H,17,20). The first-order chi connectivity index (χ1) is 9.58. The van der Waals surface area contributed by atoms with Crippen LogP contribution in [0.25, 0.3) is 0 Å². The summed E-state index contributed by atoms with van der Waals surface area (Å²) in [6.07, 6.45) is 2.44. The van der Waals surface area contributed by atoms with Crippen molar-refractivity contribution in [3.8, 4) is 0 Å². The van der Waals surface area contributed by atoms with Gasteiger partial charge in [-0.15, -0.1) is 0 Å². The van der Waals surface area contributed by atoms with E-state index in [4.69, 9.17) is 0 Å². The number of likely N-dealkylation sites (tertiary alicyclic amines) is 1. The Labute approximate surface area is 118 Å². The highest BCUT2D eigenvalue weighted by Crippen LogP contribution is 2.10. The van der Waals surface area contributed by atoms with Crippen molar-refractivity contribution in [2.45, 2.75) is 26.2 Å². The molecule has 0 aromatic heterocycles. The number of hydrogen-bond acceptors (Lipinski definition) is 2. The van der Waals surface area contributed by atoms with Gasteiger partial charge in [-0.2, -0.15) is 0 Å². The molecular formula is C15H19FN2O2. The molecule has 1 N–H and O–H groups in total. The summed E-state index contributed by atoms with van der Waals surface area (Å²) in [6.45, 7) is 3.57. The van der Waals surface area contributed by atoms with E-state index in [-0.39, 0.29) is 17.6 Å². The normalized spacial score (nSPS) is 14.4. The van der Waals surface area contributed by atoms with Crippen LogP contribution in [0.4, 0.5) is 4.39 Å². The molecule has 5 heteroatoms. The molecule has 108 valence electrons. The van der Waals surface area contributed by atoms with Crippen LogP contribution >= 0.6 is 0 Å². The van der Waals surface area contributed by atoms with E-state index in [1.54, 1.807) is 6.92 Å². The van der Waals surface area contributed by atoms with Gasteiger partial charge in [0.2, 0.25) is 5.91 Å². The number of rotatable bonds is 4. The minimum Gasteiger partial charge on any atom is -0.352 e. The summed E-state index contributed by atoms with van der Waals surface area (Å²) in [6, 6.07) is 4.23. The average molecular weight is 278 g/mol. The van der Waals surface area contributed by atoms with Gasteiger partial charge in [-0.3, -0.25) is 9.59 Å². The Kier molecular flexibility index (Phi) is 4.71. The number of nitrogens with one attached hydrogen (secondary N) is 1. The number of benzene rings is 1. The molecule has 0 saturated carbocycles. The zero-order valence-corrected chi connectivity index (χ0v) is 11.6. The van der Waals surface area contributed by atoms with Gasteiger partial charge in [0.05, 0.1) is 0 Å². The van der Waals surface area contributed by atoms with E-state index in [2.05, 4.69) is 5.32 Å². The maximum atomic E-state index is 13.1. The minimum absolute atomic E-state index is 0.0816. The Balaban J connectivity index is 1.79. The third kappa shape index (κ3) is 3.56. The van der Waals surface area contributed by atoms with Crippen molar-refractivity contribution in [1.29, 1.82) is 0 Å². The lowest BCUT2D eigenvalue weighted by Gasteiger charge is -2.15. The van der Waals surface area contributed by atoms with E-state index in [9.17, 15) is 14.0 Å². The summed E-state index contributed by atoms with van der Waals surface area (Å²) in [4.78, 5) is 25.5. The average Bonchev–Trinajstić information content (AvgIpc) is 2.95. The van der Waals surface area contributed by atoms with Crippen molar-refractivity contribution in [2.75, 3.05) is 19.6 Å². The highest BCUT2D eigenvalue weighted by atomic mass is 19.1. The number of nitrogens with zero attached hydrogens (tertiary/aromatic N) is 1. The van der Waals surface area contributed by atoms with E-state index in [1.807, 2.05) is 4.90 Å². The van der Waals surface area contributed by atoms with Crippen molar-refractivity contribution in [3.05, 3.63) is 35.1 Å². The molecule has 1 saturated heterocycles. The van der Waals surface area contributed by atoms with Gasteiger partial charge in [0.1, 0.15) is 5.82 Å². The molecule has 1 aliphatic heterocycles. The second kappa shape index (κ2) is 6.50. The van der Waals surface area contributed by atoms with Gasteiger partial charge < -0.3 is 10.2 Å². The molecule has 0 spiro atoms. The van der Waals surface area contributed by atoms with E-state index in [0.29, 0.717) is 24.1 Å². The third-order valence-electron chi connectivity index (χ3n) is 3.50. The fraction of sp³-hybridized carbons (Fsp3) is 0.467. The number of hydrogen-bond donors (Lipinski definition) is 1. The van der Waals surface area contributed by atoms with Crippen LogP contribution in [-0.2, 0) is 4.79 Å². The maximum Gasteiger partial charge on any atom is 0.251 e. The monoisotopic (exact) mass is 278 g/mol. The van der Waals surface area contributed by atoms with Crippen molar-refractivity contribution >= 4 is 11.8 Å². The third-order valence-corrected chi connectivity index (χ3v) is 3.50. The van der Waals surface area contributed by atoms with E-state index < -0.39 is 0 Å². The molecule has 1 heterocycles. The summed E-state index contributed by atoms with van der Waals surface area (Å²) in [5, 5.41) is 2.69. The molecule has 1 aromatic carbocycles. The lowest BCUT2D eigenvalue weighted by molar-refractivity contribution is -0.129. The van der Waals surface area contributed by atoms with Crippen molar-refractivity contribution < 1.29 is 14.0 Å². The Morgan fingerprint density at radius 3 is 2.65 bits per heavy atom. The number of amides is 2. The molecule has 0 atom stereocenters. The van der Waals surface area contributed by atoms with Crippen LogP contribution in [0.1, 0.15) is 35.2 Å². The fourth-order valence-corrected chi connectivity index (χ4v) is 2.30. The second-order valence-electron chi connectivity index (χ2n) is 5.06. The Hall–Kier alpha value is -1.91. The molecule has 4 nitrogen and oxygen atoms in total. The number of carbonyl (C=O) groups excluding carboxylic acids is 2. The van der Waals surface area contributed by atoms with Gasteiger partial charge in [0.15, 0.2) is 0 Å². The van der Waals surface area contributed by atoms with Crippen LogP contribution in [0.15, 0.2) is 18.2 Å². The van der Waals surface area contributed by atoms with Gasteiger partial charge >= 0.3 is 0 Å². The molecule has 2 amide bonds. The highest BCUT2D eigenvalue weighted by molar-refractivity contribution is 5.94. The molecule has 0 bridgehead atoms. The zero-order chi connectivity index (χ0) is 14.5. The van der Waals surface area contributed by atoms with E-state index in [1.165, 1.54) is 18.2 Å². The van der Waals surface area contributed by atoms with Crippen LogP contribution < -0.4 is 5.32 Å². The molecule has 2 rings (SSSR count). The first-order valence-corrected chi connectivity index (χ1v) is 6.90. The summed E-state index contributed by atoms with van der Waals surface area (Å²) in [5.74, 6) is -0.522. The summed E-state index contributed by atoms with van der Waals surface area (Å²) < 4.78 is 13.1. The predicted molar refractivity (Wildman–Crippen MR) is 73.9 cm³/mol. The van der Waals surface area contributed by atoms with Crippen LogP contribution in [0, 0.1) is 12.7 Å². The lowest BCUT2D eigenvalue weighted by atomic mass is 10.1. The smallest absolute Gasteiger partial charge is 0.251 e. The molecule has 0 aliphatic carbocycles. The Bertz CT molecular complexity index is 511. The van der Waals surface area contributed by atoms with Crippen LogP contribution in [0.5, 0.6) is 0 Å². The quantitative estimate of drug-likeness (QED) is 0.914. The van der Waals surface area contributed by atoms with Crippen LogP contribution in [0.3, 0.4) is 0 Å². The largest absolute Gasteiger partial charge is 0.352 e. The maximum absolute atomic E-state index is 13.1. The van der Waals surface area contributed by atoms with Gasteiger partial charge in [-0.25, -0.2) is 4.39 Å². The van der Waals surface area contributed by atoms with Gasteiger partial charge in [0, 0.05) is 31.6 Å². The zero-order valence-electron chi connectivity index (χ0n) is 11.6. The topological polar surface area (TPSA) is 49.4 Å². The minimum atomic E-state index is -0.328. The molecule has 1 fully saturated rings. The molecule has 1 aliphatic rings. The number of halogens is 1. The van der Waals surface area contributed by atoms with Gasteiger partial charge in [-0.05, 0) is 43.5 Å². The number of aryl methyl sites for hydroxylation is 1. The molecular weight excluding hydrogens is 259 g/mol. The highest BCUT2D eigenvalue weighted by Gasteiger charge is 2.17. The van der Waals surface area contributed by atoms with Crippen molar-refractivity contribution in [1.82, 2.24) is 10.2 Å². The Morgan fingerprint density at radius 2 is 2.00 bits per heavy atom. The summed E-state index contributed by atoms with van der Waals surface area (Å²) >= 11 is 0. The fourth-order valence-electron chi connectivity index (χ4n) is 2.30. The lowest BCUT2D eigenvalue weighted by Crippen LogP contribution is -2.32. The SMILES string of the molecule is Cc1cc(C(=O)NCCC(=O)N2CCCC2)ccc1F. The van der Waals surface area contributed by atoms with Crippen molar-refractivity contribution in [2.24, 2.45) is 0 Å². The number of carbonyl (C=O) groups is 2. The Morgan fingerprint density at radius 1 is 1.30 bits per heavy atom. The first kappa shape index (κ1) is 14.5. The molecule has 20 heavy (non-hydrogen) atoms. The van der Waals surface area contributed by atoms with Crippen LogP contribution in [0.2, 0.25) is 0 Å². The molecule has 1 aromatic rings. The van der Waals surface area contributed by atoms with E-state index >= 15 is 0 Å². The van der Waals surface area contributed by atoms with Gasteiger partial charge in [0.25, 0.3) is 5.91 Å². The summed E-state index contributed by atoms with van der Waals surface area (Å²) in [5.41, 5.74) is 0.850. The van der Waals surface area contributed by atoms with Crippen molar-refractivity contribution in [3.63, 3.8) is 0 Å². The summed E-state index contributed by atoms with van der Waals surface area (Å²) in [7, 11) is 0.